The van der Waals surface area contributed by atoms with Gasteiger partial charge in [0.25, 0.3) is 0 Å². The van der Waals surface area contributed by atoms with E-state index in [4.69, 9.17) is 4.74 Å². The smallest absolute Gasteiger partial charge is 0.309 e. The molecule has 5 heteroatoms. The Morgan fingerprint density at radius 3 is 2.47 bits per heavy atom. The van der Waals surface area contributed by atoms with E-state index in [0.717, 1.165) is 25.8 Å². The SMILES string of the molecule is CCOC(=O)CCCCCN(C)CC(C)C(=O)OC. The van der Waals surface area contributed by atoms with Crippen LogP contribution in [0.4, 0.5) is 0 Å². The van der Waals surface area contributed by atoms with Gasteiger partial charge in [0, 0.05) is 13.0 Å². The van der Waals surface area contributed by atoms with Gasteiger partial charge < -0.3 is 14.4 Å². The third kappa shape index (κ3) is 9.47. The van der Waals surface area contributed by atoms with Gasteiger partial charge in [0.15, 0.2) is 0 Å². The molecule has 0 aromatic rings. The topological polar surface area (TPSA) is 55.8 Å². The maximum absolute atomic E-state index is 11.3. The van der Waals surface area contributed by atoms with Crippen LogP contribution in [-0.4, -0.2) is 50.7 Å². The summed E-state index contributed by atoms with van der Waals surface area (Å²) in [6, 6.07) is 0. The largest absolute Gasteiger partial charge is 0.469 e. The van der Waals surface area contributed by atoms with Crippen LogP contribution < -0.4 is 0 Å². The van der Waals surface area contributed by atoms with E-state index in [-0.39, 0.29) is 17.9 Å². The molecule has 112 valence electrons. The van der Waals surface area contributed by atoms with E-state index in [1.807, 2.05) is 20.9 Å². The van der Waals surface area contributed by atoms with E-state index in [1.165, 1.54) is 7.11 Å². The lowest BCUT2D eigenvalue weighted by atomic mass is 10.1. The van der Waals surface area contributed by atoms with Gasteiger partial charge in [-0.15, -0.1) is 0 Å². The number of nitrogens with zero attached hydrogens (tertiary/aromatic N) is 1. The molecule has 1 unspecified atom stereocenters. The zero-order valence-corrected chi connectivity index (χ0v) is 12.6. The average Bonchev–Trinajstić information content (AvgIpc) is 2.37. The van der Waals surface area contributed by atoms with Crippen molar-refractivity contribution in [3.63, 3.8) is 0 Å². The Bertz CT molecular complexity index is 268. The van der Waals surface area contributed by atoms with Crippen molar-refractivity contribution in [1.29, 1.82) is 0 Å². The van der Waals surface area contributed by atoms with Crippen LogP contribution in [0, 0.1) is 5.92 Å². The summed E-state index contributed by atoms with van der Waals surface area (Å²) in [5.74, 6) is -0.390. The standard InChI is InChI=1S/C14H27NO4/c1-5-19-13(16)9-7-6-8-10-15(3)11-12(2)14(17)18-4/h12H,5-11H2,1-4H3. The normalized spacial score (nSPS) is 12.3. The van der Waals surface area contributed by atoms with Crippen molar-refractivity contribution in [2.24, 2.45) is 5.92 Å². The monoisotopic (exact) mass is 273 g/mol. The molecular formula is C14H27NO4. The number of carbonyl (C=O) groups excluding carboxylic acids is 2. The molecule has 0 bridgehead atoms. The lowest BCUT2D eigenvalue weighted by Crippen LogP contribution is -2.30. The van der Waals surface area contributed by atoms with Gasteiger partial charge in [0.05, 0.1) is 19.6 Å². The molecule has 0 aliphatic rings. The number of carbonyl (C=O) groups is 2. The molecule has 0 saturated heterocycles. The lowest BCUT2D eigenvalue weighted by Gasteiger charge is -2.19. The zero-order valence-electron chi connectivity index (χ0n) is 12.6. The van der Waals surface area contributed by atoms with Gasteiger partial charge in [-0.2, -0.15) is 0 Å². The van der Waals surface area contributed by atoms with Gasteiger partial charge >= 0.3 is 11.9 Å². The van der Waals surface area contributed by atoms with Gasteiger partial charge in [-0.25, -0.2) is 0 Å². The van der Waals surface area contributed by atoms with E-state index in [2.05, 4.69) is 9.64 Å². The summed E-state index contributed by atoms with van der Waals surface area (Å²) < 4.78 is 9.55. The van der Waals surface area contributed by atoms with E-state index < -0.39 is 0 Å². The van der Waals surface area contributed by atoms with Crippen LogP contribution in [-0.2, 0) is 19.1 Å². The number of methoxy groups -OCH3 is 1. The predicted octanol–water partition coefficient (Wildman–Crippen LogP) is 1.85. The summed E-state index contributed by atoms with van der Waals surface area (Å²) in [7, 11) is 3.40. The second-order valence-electron chi connectivity index (χ2n) is 4.80. The van der Waals surface area contributed by atoms with E-state index in [1.54, 1.807) is 0 Å². The summed E-state index contributed by atoms with van der Waals surface area (Å²) in [5, 5.41) is 0. The predicted molar refractivity (Wildman–Crippen MR) is 73.8 cm³/mol. The number of hydrogen-bond acceptors (Lipinski definition) is 5. The minimum Gasteiger partial charge on any atom is -0.469 e. The first-order valence-electron chi connectivity index (χ1n) is 6.93. The molecule has 0 N–H and O–H groups in total. The van der Waals surface area contributed by atoms with Crippen LogP contribution in [0.25, 0.3) is 0 Å². The summed E-state index contributed by atoms with van der Waals surface area (Å²) in [6.45, 7) is 5.75. The average molecular weight is 273 g/mol. The quantitative estimate of drug-likeness (QED) is 0.449. The first-order chi connectivity index (χ1) is 9.01. The van der Waals surface area contributed by atoms with E-state index >= 15 is 0 Å². The summed E-state index contributed by atoms with van der Waals surface area (Å²) in [4.78, 5) is 24.5. The molecule has 0 saturated carbocycles. The number of hydrogen-bond donors (Lipinski definition) is 0. The van der Waals surface area contributed by atoms with Crippen molar-refractivity contribution in [3.8, 4) is 0 Å². The summed E-state index contributed by atoms with van der Waals surface area (Å²) >= 11 is 0. The van der Waals surface area contributed by atoms with Crippen LogP contribution in [0.2, 0.25) is 0 Å². The van der Waals surface area contributed by atoms with Crippen molar-refractivity contribution in [1.82, 2.24) is 4.90 Å². The molecule has 0 fully saturated rings. The number of ether oxygens (including phenoxy) is 2. The van der Waals surface area contributed by atoms with Crippen LogP contribution in [0.5, 0.6) is 0 Å². The second-order valence-corrected chi connectivity index (χ2v) is 4.80. The highest BCUT2D eigenvalue weighted by molar-refractivity contribution is 5.72. The minimum absolute atomic E-state index is 0.102. The van der Waals surface area contributed by atoms with Crippen molar-refractivity contribution < 1.29 is 19.1 Å². The molecule has 0 rings (SSSR count). The van der Waals surface area contributed by atoms with Crippen LogP contribution in [0.3, 0.4) is 0 Å². The van der Waals surface area contributed by atoms with Crippen LogP contribution in [0.15, 0.2) is 0 Å². The van der Waals surface area contributed by atoms with Crippen molar-refractivity contribution >= 4 is 11.9 Å². The van der Waals surface area contributed by atoms with E-state index in [0.29, 0.717) is 19.6 Å². The van der Waals surface area contributed by atoms with Gasteiger partial charge in [-0.05, 0) is 33.4 Å². The van der Waals surface area contributed by atoms with Gasteiger partial charge in [-0.3, -0.25) is 9.59 Å². The Morgan fingerprint density at radius 2 is 1.89 bits per heavy atom. The molecule has 19 heavy (non-hydrogen) atoms. The Balaban J connectivity index is 3.56. The molecule has 0 heterocycles. The molecule has 0 spiro atoms. The summed E-state index contributed by atoms with van der Waals surface area (Å²) in [6.07, 6.45) is 3.37. The molecule has 0 aliphatic heterocycles. The molecule has 0 aromatic heterocycles. The highest BCUT2D eigenvalue weighted by Crippen LogP contribution is 2.05. The van der Waals surface area contributed by atoms with Crippen molar-refractivity contribution in [2.45, 2.75) is 39.5 Å². The van der Waals surface area contributed by atoms with E-state index in [9.17, 15) is 9.59 Å². The maximum atomic E-state index is 11.3. The third-order valence-corrected chi connectivity index (χ3v) is 2.92. The first-order valence-corrected chi connectivity index (χ1v) is 6.93. The number of rotatable bonds is 10. The lowest BCUT2D eigenvalue weighted by molar-refractivity contribution is -0.145. The number of unbranched alkanes of at least 4 members (excludes halogenated alkanes) is 2. The second kappa shape index (κ2) is 10.8. The molecule has 0 aromatic carbocycles. The molecule has 5 nitrogen and oxygen atoms in total. The maximum Gasteiger partial charge on any atom is 0.309 e. The fraction of sp³-hybridized carbons (Fsp3) is 0.857. The zero-order chi connectivity index (χ0) is 14.7. The highest BCUT2D eigenvalue weighted by Gasteiger charge is 2.14. The molecule has 0 radical (unpaired) electrons. The van der Waals surface area contributed by atoms with Crippen molar-refractivity contribution in [2.75, 3.05) is 33.9 Å². The van der Waals surface area contributed by atoms with Gasteiger partial charge in [-0.1, -0.05) is 13.3 Å². The van der Waals surface area contributed by atoms with Crippen molar-refractivity contribution in [3.05, 3.63) is 0 Å². The van der Waals surface area contributed by atoms with Gasteiger partial charge in [0.2, 0.25) is 0 Å². The van der Waals surface area contributed by atoms with Crippen LogP contribution >= 0.6 is 0 Å². The van der Waals surface area contributed by atoms with Gasteiger partial charge in [0.1, 0.15) is 0 Å². The molecular weight excluding hydrogens is 246 g/mol. The number of esters is 2. The minimum atomic E-state index is -0.172. The Labute approximate surface area is 116 Å². The fourth-order valence-corrected chi connectivity index (χ4v) is 1.90. The third-order valence-electron chi connectivity index (χ3n) is 2.92. The van der Waals surface area contributed by atoms with Crippen LogP contribution in [0.1, 0.15) is 39.5 Å². The molecule has 0 aliphatic carbocycles. The first kappa shape index (κ1) is 17.9. The highest BCUT2D eigenvalue weighted by atomic mass is 16.5. The Hall–Kier alpha value is -1.10. The molecule has 0 amide bonds. The summed E-state index contributed by atoms with van der Waals surface area (Å²) in [5.41, 5.74) is 0. The molecule has 1 atom stereocenters. The Morgan fingerprint density at radius 1 is 1.21 bits per heavy atom. The fourth-order valence-electron chi connectivity index (χ4n) is 1.90. The Kier molecular flexibility index (Phi) is 10.2.